The van der Waals surface area contributed by atoms with Crippen LogP contribution in [0, 0.1) is 11.8 Å². The van der Waals surface area contributed by atoms with E-state index in [2.05, 4.69) is 38.0 Å². The molecule has 0 amide bonds. The van der Waals surface area contributed by atoms with Gasteiger partial charge in [-0.3, -0.25) is 0 Å². The number of rotatable bonds is 8. The van der Waals surface area contributed by atoms with Crippen molar-refractivity contribution in [3.8, 4) is 0 Å². The molecule has 1 saturated carbocycles. The number of ether oxygens (including phenoxy) is 1. The predicted octanol–water partition coefficient (Wildman–Crippen LogP) is 1.89. The SMILES string of the molecule is CCOC(=O)C(CN(C)C(C)C(C)C)(NC)C1CC1. The first kappa shape index (κ1) is 16.4. The number of likely N-dealkylation sites (N-methyl/N-ethyl adjacent to an activating group) is 2. The smallest absolute Gasteiger partial charge is 0.327 e. The molecule has 0 heterocycles. The lowest BCUT2D eigenvalue weighted by molar-refractivity contribution is -0.153. The highest BCUT2D eigenvalue weighted by Crippen LogP contribution is 2.41. The second kappa shape index (κ2) is 6.71. The van der Waals surface area contributed by atoms with Crippen LogP contribution in [0.2, 0.25) is 0 Å². The summed E-state index contributed by atoms with van der Waals surface area (Å²) in [7, 11) is 3.97. The number of hydrogen-bond donors (Lipinski definition) is 1. The lowest BCUT2D eigenvalue weighted by Crippen LogP contribution is -2.61. The zero-order valence-electron chi connectivity index (χ0n) is 13.3. The highest BCUT2D eigenvalue weighted by atomic mass is 16.5. The molecule has 1 aliphatic carbocycles. The van der Waals surface area contributed by atoms with Crippen molar-refractivity contribution in [2.24, 2.45) is 11.8 Å². The van der Waals surface area contributed by atoms with Crippen molar-refractivity contribution in [1.29, 1.82) is 0 Å². The van der Waals surface area contributed by atoms with Crippen LogP contribution in [0.1, 0.15) is 40.5 Å². The molecule has 0 aromatic carbocycles. The fourth-order valence-electron chi connectivity index (χ4n) is 2.63. The van der Waals surface area contributed by atoms with Crippen molar-refractivity contribution >= 4 is 5.97 Å². The van der Waals surface area contributed by atoms with Gasteiger partial charge in [0, 0.05) is 12.6 Å². The topological polar surface area (TPSA) is 41.6 Å². The minimum absolute atomic E-state index is 0.0946. The maximum absolute atomic E-state index is 12.4. The molecule has 1 fully saturated rings. The Bertz CT molecular complexity index is 303. The lowest BCUT2D eigenvalue weighted by Gasteiger charge is -2.38. The first-order chi connectivity index (χ1) is 8.89. The molecule has 1 N–H and O–H groups in total. The third kappa shape index (κ3) is 3.69. The van der Waals surface area contributed by atoms with Crippen LogP contribution >= 0.6 is 0 Å². The van der Waals surface area contributed by atoms with Crippen molar-refractivity contribution in [3.63, 3.8) is 0 Å². The summed E-state index contributed by atoms with van der Waals surface area (Å²) < 4.78 is 5.31. The maximum Gasteiger partial charge on any atom is 0.327 e. The van der Waals surface area contributed by atoms with Crippen molar-refractivity contribution in [2.45, 2.75) is 52.1 Å². The first-order valence-electron chi connectivity index (χ1n) is 7.45. The first-order valence-corrected chi connectivity index (χ1v) is 7.45. The van der Waals surface area contributed by atoms with Gasteiger partial charge < -0.3 is 15.0 Å². The van der Waals surface area contributed by atoms with Gasteiger partial charge >= 0.3 is 5.97 Å². The van der Waals surface area contributed by atoms with Gasteiger partial charge in [0.2, 0.25) is 0 Å². The number of nitrogens with one attached hydrogen (secondary N) is 1. The summed E-state index contributed by atoms with van der Waals surface area (Å²) in [5.41, 5.74) is -0.534. The van der Waals surface area contributed by atoms with Crippen LogP contribution in [0.15, 0.2) is 0 Å². The van der Waals surface area contributed by atoms with E-state index in [4.69, 9.17) is 4.74 Å². The molecule has 0 spiro atoms. The Labute approximate surface area is 117 Å². The summed E-state index contributed by atoms with van der Waals surface area (Å²) in [4.78, 5) is 14.7. The van der Waals surface area contributed by atoms with Crippen LogP contribution < -0.4 is 5.32 Å². The fraction of sp³-hybridized carbons (Fsp3) is 0.933. The largest absolute Gasteiger partial charge is 0.465 e. The third-order valence-corrected chi connectivity index (χ3v) is 4.52. The molecule has 1 rings (SSSR count). The van der Waals surface area contributed by atoms with Crippen LogP contribution in [0.5, 0.6) is 0 Å². The van der Waals surface area contributed by atoms with E-state index in [0.29, 0.717) is 31.0 Å². The minimum atomic E-state index is -0.534. The van der Waals surface area contributed by atoms with Gasteiger partial charge in [-0.1, -0.05) is 13.8 Å². The minimum Gasteiger partial charge on any atom is -0.465 e. The summed E-state index contributed by atoms with van der Waals surface area (Å²) in [6.45, 7) is 9.66. The summed E-state index contributed by atoms with van der Waals surface area (Å²) in [6, 6.07) is 0.445. The Morgan fingerprint density at radius 2 is 2.00 bits per heavy atom. The third-order valence-electron chi connectivity index (χ3n) is 4.52. The Morgan fingerprint density at radius 3 is 2.37 bits per heavy atom. The molecule has 2 atom stereocenters. The zero-order chi connectivity index (χ0) is 14.6. The summed E-state index contributed by atoms with van der Waals surface area (Å²) in [6.07, 6.45) is 2.23. The van der Waals surface area contributed by atoms with E-state index in [9.17, 15) is 4.79 Å². The van der Waals surface area contributed by atoms with Gasteiger partial charge in [-0.05, 0) is 52.6 Å². The van der Waals surface area contributed by atoms with E-state index < -0.39 is 5.54 Å². The van der Waals surface area contributed by atoms with E-state index in [0.717, 1.165) is 12.8 Å². The predicted molar refractivity (Wildman–Crippen MR) is 78.1 cm³/mol. The zero-order valence-corrected chi connectivity index (χ0v) is 13.3. The lowest BCUT2D eigenvalue weighted by atomic mass is 9.91. The van der Waals surface area contributed by atoms with Gasteiger partial charge in [-0.25, -0.2) is 4.79 Å². The molecule has 4 heteroatoms. The molecular formula is C15H30N2O2. The Balaban J connectivity index is 2.82. The van der Waals surface area contributed by atoms with Crippen LogP contribution in [0.4, 0.5) is 0 Å². The monoisotopic (exact) mass is 270 g/mol. The number of esters is 1. The van der Waals surface area contributed by atoms with Gasteiger partial charge in [-0.2, -0.15) is 0 Å². The second-order valence-electron chi connectivity index (χ2n) is 6.12. The molecule has 0 saturated heterocycles. The van der Waals surface area contributed by atoms with Crippen molar-refractivity contribution < 1.29 is 9.53 Å². The van der Waals surface area contributed by atoms with E-state index in [1.807, 2.05) is 14.0 Å². The Hall–Kier alpha value is -0.610. The van der Waals surface area contributed by atoms with E-state index in [1.54, 1.807) is 0 Å². The maximum atomic E-state index is 12.4. The van der Waals surface area contributed by atoms with Crippen LogP contribution in [0.25, 0.3) is 0 Å². The molecule has 112 valence electrons. The van der Waals surface area contributed by atoms with Crippen LogP contribution in [0.3, 0.4) is 0 Å². The van der Waals surface area contributed by atoms with Gasteiger partial charge in [0.15, 0.2) is 0 Å². The molecule has 0 aromatic rings. The standard InChI is InChI=1S/C15H30N2O2/c1-7-19-14(18)15(16-5,13-8-9-13)10-17(6)12(4)11(2)3/h11-13,16H,7-10H2,1-6H3. The number of nitrogens with zero attached hydrogens (tertiary/aromatic N) is 1. The summed E-state index contributed by atoms with van der Waals surface area (Å²) >= 11 is 0. The highest BCUT2D eigenvalue weighted by molar-refractivity contribution is 5.82. The Morgan fingerprint density at radius 1 is 1.42 bits per heavy atom. The van der Waals surface area contributed by atoms with E-state index >= 15 is 0 Å². The molecule has 0 radical (unpaired) electrons. The molecule has 1 aliphatic rings. The van der Waals surface area contributed by atoms with Gasteiger partial charge in [0.1, 0.15) is 5.54 Å². The number of hydrogen-bond acceptors (Lipinski definition) is 4. The average Bonchev–Trinajstić information content (AvgIpc) is 3.19. The number of carbonyl (C=O) groups is 1. The van der Waals surface area contributed by atoms with Crippen molar-refractivity contribution in [3.05, 3.63) is 0 Å². The molecule has 0 aromatic heterocycles. The van der Waals surface area contributed by atoms with Crippen molar-refractivity contribution in [1.82, 2.24) is 10.2 Å². The molecule has 4 nitrogen and oxygen atoms in total. The van der Waals surface area contributed by atoms with E-state index in [1.165, 1.54) is 0 Å². The molecule has 0 bridgehead atoms. The van der Waals surface area contributed by atoms with Gasteiger partial charge in [0.05, 0.1) is 6.61 Å². The van der Waals surface area contributed by atoms with Gasteiger partial charge in [0.25, 0.3) is 0 Å². The van der Waals surface area contributed by atoms with Crippen molar-refractivity contribution in [2.75, 3.05) is 27.2 Å². The molecule has 19 heavy (non-hydrogen) atoms. The average molecular weight is 270 g/mol. The van der Waals surface area contributed by atoms with Crippen LogP contribution in [-0.4, -0.2) is 49.7 Å². The summed E-state index contributed by atoms with van der Waals surface area (Å²) in [5, 5.41) is 3.27. The second-order valence-corrected chi connectivity index (χ2v) is 6.12. The summed E-state index contributed by atoms with van der Waals surface area (Å²) in [5.74, 6) is 0.891. The molecular weight excluding hydrogens is 240 g/mol. The normalized spacial score (nSPS) is 20.4. The molecule has 0 aliphatic heterocycles. The van der Waals surface area contributed by atoms with Crippen LogP contribution in [-0.2, 0) is 9.53 Å². The quantitative estimate of drug-likeness (QED) is 0.684. The van der Waals surface area contributed by atoms with E-state index in [-0.39, 0.29) is 5.97 Å². The highest BCUT2D eigenvalue weighted by Gasteiger charge is 2.52. The Kier molecular flexibility index (Phi) is 5.81. The fourth-order valence-corrected chi connectivity index (χ4v) is 2.63. The molecule has 2 unspecified atom stereocenters. The number of carbonyl (C=O) groups excluding carboxylic acids is 1. The van der Waals surface area contributed by atoms with Gasteiger partial charge in [-0.15, -0.1) is 0 Å².